The van der Waals surface area contributed by atoms with Crippen molar-refractivity contribution in [3.8, 4) is 0 Å². The zero-order chi connectivity index (χ0) is 10.5. The summed E-state index contributed by atoms with van der Waals surface area (Å²) in [6.45, 7) is 5.50. The highest BCUT2D eigenvalue weighted by atomic mass is 19.4. The molecule has 0 aromatic rings. The molecule has 0 saturated heterocycles. The average molecular weight is 192 g/mol. The molecule has 1 rings (SSSR count). The molecule has 0 spiro atoms. The highest BCUT2D eigenvalue weighted by Crippen LogP contribution is 2.34. The van der Waals surface area contributed by atoms with Crippen LogP contribution in [-0.2, 0) is 0 Å². The summed E-state index contributed by atoms with van der Waals surface area (Å²) in [4.78, 5) is 0. The third kappa shape index (κ3) is 3.66. The molecule has 13 heavy (non-hydrogen) atoms. The van der Waals surface area contributed by atoms with Gasteiger partial charge in [-0.3, -0.25) is 0 Å². The summed E-state index contributed by atoms with van der Waals surface area (Å²) < 4.78 is 36.3. The molecule has 0 atom stereocenters. The lowest BCUT2D eigenvalue weighted by molar-refractivity contribution is -0.0947. The Kier molecular flexibility index (Phi) is 4.81. The maximum atomic E-state index is 12.1. The van der Waals surface area contributed by atoms with E-state index >= 15 is 0 Å². The highest BCUT2D eigenvalue weighted by Gasteiger charge is 2.34. The molecule has 0 bridgehead atoms. The fraction of sp³-hybridized carbons (Fsp3) is 0.600. The Morgan fingerprint density at radius 3 is 2.08 bits per heavy atom. The standard InChI is InChI=1S/C8H9F3.C2H6/c1-6-4-2-3-5-7(6)8(9,10)11;1-2/h2,4H,3,5H2,1H3;1-2H3. The summed E-state index contributed by atoms with van der Waals surface area (Å²) in [5.41, 5.74) is -0.0243. The van der Waals surface area contributed by atoms with Crippen LogP contribution in [0, 0.1) is 0 Å². The van der Waals surface area contributed by atoms with Crippen LogP contribution >= 0.6 is 0 Å². The van der Waals surface area contributed by atoms with Crippen molar-refractivity contribution < 1.29 is 13.2 Å². The first-order valence-electron chi connectivity index (χ1n) is 4.45. The Bertz CT molecular complexity index is 209. The lowest BCUT2D eigenvalue weighted by atomic mass is 9.98. The van der Waals surface area contributed by atoms with E-state index in [1.165, 1.54) is 13.0 Å². The molecule has 0 heterocycles. The summed E-state index contributed by atoms with van der Waals surface area (Å²) in [6, 6.07) is 0. The molecule has 1 aliphatic carbocycles. The van der Waals surface area contributed by atoms with Crippen LogP contribution in [-0.4, -0.2) is 6.18 Å². The second kappa shape index (κ2) is 5.10. The fourth-order valence-corrected chi connectivity index (χ4v) is 1.15. The minimum atomic E-state index is -4.13. The molecule has 0 amide bonds. The van der Waals surface area contributed by atoms with Gasteiger partial charge >= 0.3 is 6.18 Å². The first kappa shape index (κ1) is 12.3. The van der Waals surface area contributed by atoms with E-state index in [9.17, 15) is 13.2 Å². The van der Waals surface area contributed by atoms with Crippen molar-refractivity contribution in [1.82, 2.24) is 0 Å². The smallest absolute Gasteiger partial charge is 0.166 e. The van der Waals surface area contributed by atoms with E-state index in [0.717, 1.165) is 0 Å². The predicted molar refractivity (Wildman–Crippen MR) is 48.5 cm³/mol. The van der Waals surface area contributed by atoms with Gasteiger partial charge in [0.25, 0.3) is 0 Å². The molecular weight excluding hydrogens is 177 g/mol. The van der Waals surface area contributed by atoms with E-state index in [1.54, 1.807) is 6.08 Å². The monoisotopic (exact) mass is 192 g/mol. The van der Waals surface area contributed by atoms with Crippen molar-refractivity contribution in [2.45, 2.75) is 39.8 Å². The summed E-state index contributed by atoms with van der Waals surface area (Å²) in [6.07, 6.45) is -0.191. The van der Waals surface area contributed by atoms with Gasteiger partial charge in [0.1, 0.15) is 0 Å². The number of rotatable bonds is 0. The van der Waals surface area contributed by atoms with Crippen LogP contribution in [0.2, 0.25) is 0 Å². The normalized spacial score (nSPS) is 16.8. The van der Waals surface area contributed by atoms with E-state index < -0.39 is 6.18 Å². The van der Waals surface area contributed by atoms with Crippen LogP contribution in [0.4, 0.5) is 13.2 Å². The molecule has 1 aliphatic rings. The van der Waals surface area contributed by atoms with Crippen molar-refractivity contribution in [3.63, 3.8) is 0 Å². The first-order chi connectivity index (χ1) is 6.02. The molecule has 0 aromatic heterocycles. The minimum Gasteiger partial charge on any atom is -0.166 e. The van der Waals surface area contributed by atoms with Gasteiger partial charge in [-0.1, -0.05) is 26.0 Å². The summed E-state index contributed by atoms with van der Waals surface area (Å²) in [5.74, 6) is 0. The van der Waals surface area contributed by atoms with Crippen LogP contribution in [0.1, 0.15) is 33.6 Å². The predicted octanol–water partition coefficient (Wildman–Crippen LogP) is 4.24. The van der Waals surface area contributed by atoms with Gasteiger partial charge < -0.3 is 0 Å². The van der Waals surface area contributed by atoms with Crippen LogP contribution in [0.3, 0.4) is 0 Å². The Labute approximate surface area is 77.1 Å². The van der Waals surface area contributed by atoms with E-state index in [4.69, 9.17) is 0 Å². The summed E-state index contributed by atoms with van der Waals surface area (Å²) in [5, 5.41) is 0. The number of hydrogen-bond donors (Lipinski definition) is 0. The van der Waals surface area contributed by atoms with Gasteiger partial charge in [-0.05, 0) is 25.3 Å². The third-order valence-electron chi connectivity index (χ3n) is 1.75. The molecule has 0 nitrogen and oxygen atoms in total. The van der Waals surface area contributed by atoms with E-state index in [1.807, 2.05) is 13.8 Å². The highest BCUT2D eigenvalue weighted by molar-refractivity contribution is 5.30. The summed E-state index contributed by atoms with van der Waals surface area (Å²) in [7, 11) is 0. The molecule has 0 aliphatic heterocycles. The quantitative estimate of drug-likeness (QED) is 0.538. The SMILES string of the molecule is CC.CC1=C(C(F)(F)F)CCC=C1. The van der Waals surface area contributed by atoms with E-state index in [2.05, 4.69) is 0 Å². The van der Waals surface area contributed by atoms with Crippen LogP contribution < -0.4 is 0 Å². The van der Waals surface area contributed by atoms with Crippen molar-refractivity contribution in [3.05, 3.63) is 23.3 Å². The Balaban J connectivity index is 0.000000671. The molecule has 0 radical (unpaired) electrons. The second-order valence-electron chi connectivity index (χ2n) is 2.60. The van der Waals surface area contributed by atoms with Gasteiger partial charge in [0.2, 0.25) is 0 Å². The first-order valence-corrected chi connectivity index (χ1v) is 4.45. The number of hydrogen-bond acceptors (Lipinski definition) is 0. The van der Waals surface area contributed by atoms with Crippen LogP contribution in [0.25, 0.3) is 0 Å². The van der Waals surface area contributed by atoms with Gasteiger partial charge in [0.15, 0.2) is 0 Å². The Morgan fingerprint density at radius 2 is 1.77 bits per heavy atom. The maximum Gasteiger partial charge on any atom is 0.412 e. The Hall–Kier alpha value is -0.730. The molecule has 0 fully saturated rings. The lowest BCUT2D eigenvalue weighted by Gasteiger charge is -2.15. The van der Waals surface area contributed by atoms with Crippen molar-refractivity contribution in [2.75, 3.05) is 0 Å². The van der Waals surface area contributed by atoms with Crippen molar-refractivity contribution in [1.29, 1.82) is 0 Å². The van der Waals surface area contributed by atoms with Gasteiger partial charge in [0, 0.05) is 5.57 Å². The largest absolute Gasteiger partial charge is 0.412 e. The van der Waals surface area contributed by atoms with Gasteiger partial charge in [-0.15, -0.1) is 0 Å². The molecular formula is C10H15F3. The van der Waals surface area contributed by atoms with Crippen molar-refractivity contribution in [2.24, 2.45) is 0 Å². The van der Waals surface area contributed by atoms with E-state index in [-0.39, 0.29) is 12.0 Å². The number of allylic oxidation sites excluding steroid dienone is 4. The topological polar surface area (TPSA) is 0 Å². The van der Waals surface area contributed by atoms with Gasteiger partial charge in [-0.25, -0.2) is 0 Å². The Morgan fingerprint density at radius 1 is 1.23 bits per heavy atom. The molecule has 0 saturated carbocycles. The van der Waals surface area contributed by atoms with Gasteiger partial charge in [-0.2, -0.15) is 13.2 Å². The van der Waals surface area contributed by atoms with Crippen LogP contribution in [0.5, 0.6) is 0 Å². The molecule has 3 heteroatoms. The van der Waals surface area contributed by atoms with E-state index in [0.29, 0.717) is 12.0 Å². The number of alkyl halides is 3. The zero-order valence-electron chi connectivity index (χ0n) is 8.20. The molecule has 0 aromatic carbocycles. The third-order valence-corrected chi connectivity index (χ3v) is 1.75. The zero-order valence-corrected chi connectivity index (χ0v) is 8.20. The van der Waals surface area contributed by atoms with Crippen LogP contribution in [0.15, 0.2) is 23.3 Å². The average Bonchev–Trinajstić information content (AvgIpc) is 2.07. The van der Waals surface area contributed by atoms with Crippen molar-refractivity contribution >= 4 is 0 Å². The lowest BCUT2D eigenvalue weighted by Crippen LogP contribution is -2.14. The molecule has 0 unspecified atom stereocenters. The molecule has 76 valence electrons. The molecule has 0 N–H and O–H groups in total. The fourth-order valence-electron chi connectivity index (χ4n) is 1.15. The maximum absolute atomic E-state index is 12.1. The number of halogens is 3. The summed E-state index contributed by atoms with van der Waals surface area (Å²) >= 11 is 0. The minimum absolute atomic E-state index is 0.131. The second-order valence-corrected chi connectivity index (χ2v) is 2.60. The van der Waals surface area contributed by atoms with Gasteiger partial charge in [0.05, 0.1) is 0 Å².